The summed E-state index contributed by atoms with van der Waals surface area (Å²) in [4.78, 5) is 15.0. The molecule has 26 heavy (non-hydrogen) atoms. The standard InChI is InChI=1S/C19H19FN4O2/c20-14-6-8-15(9-7-14)24-23-12-13-11-22-16-3-1-4-17(19(13)16)26-18(25)5-2-10-21/h1,3-4,6-9,11-12,22,24H,2,5,10,21H2. The topological polar surface area (TPSA) is 92.5 Å². The van der Waals surface area contributed by atoms with E-state index in [1.807, 2.05) is 12.1 Å². The van der Waals surface area contributed by atoms with Crippen LogP contribution in [0.3, 0.4) is 0 Å². The van der Waals surface area contributed by atoms with Crippen LogP contribution in [0, 0.1) is 5.82 Å². The quantitative estimate of drug-likeness (QED) is 0.262. The number of fused-ring (bicyclic) bond motifs is 1. The molecule has 0 radical (unpaired) electrons. The largest absolute Gasteiger partial charge is 0.426 e. The van der Waals surface area contributed by atoms with Crippen LogP contribution in [-0.2, 0) is 4.79 Å². The zero-order valence-electron chi connectivity index (χ0n) is 14.0. The van der Waals surface area contributed by atoms with Crippen LogP contribution < -0.4 is 15.9 Å². The van der Waals surface area contributed by atoms with Crippen molar-refractivity contribution in [3.63, 3.8) is 0 Å². The highest BCUT2D eigenvalue weighted by molar-refractivity contribution is 6.03. The third kappa shape index (κ3) is 4.25. The number of rotatable bonds is 7. The Kier molecular flexibility index (Phi) is 5.60. The lowest BCUT2D eigenvalue weighted by molar-refractivity contribution is -0.134. The summed E-state index contributed by atoms with van der Waals surface area (Å²) < 4.78 is 18.4. The summed E-state index contributed by atoms with van der Waals surface area (Å²) in [5, 5.41) is 4.92. The van der Waals surface area contributed by atoms with Crippen LogP contribution >= 0.6 is 0 Å². The first kappa shape index (κ1) is 17.6. The van der Waals surface area contributed by atoms with Crippen molar-refractivity contribution < 1.29 is 13.9 Å². The Labute approximate surface area is 149 Å². The number of nitrogens with one attached hydrogen (secondary N) is 2. The normalized spacial score (nSPS) is 11.2. The van der Waals surface area contributed by atoms with Gasteiger partial charge in [0.05, 0.1) is 17.3 Å². The molecule has 0 amide bonds. The van der Waals surface area contributed by atoms with Crippen molar-refractivity contribution in [3.8, 4) is 5.75 Å². The van der Waals surface area contributed by atoms with E-state index >= 15 is 0 Å². The van der Waals surface area contributed by atoms with Gasteiger partial charge >= 0.3 is 5.97 Å². The minimum absolute atomic E-state index is 0.271. The number of ether oxygens (including phenoxy) is 1. The molecular weight excluding hydrogens is 335 g/mol. The number of hydrazone groups is 1. The van der Waals surface area contributed by atoms with E-state index in [1.54, 1.807) is 30.6 Å². The van der Waals surface area contributed by atoms with Gasteiger partial charge in [0, 0.05) is 23.7 Å². The maximum absolute atomic E-state index is 12.9. The van der Waals surface area contributed by atoms with Gasteiger partial charge in [-0.15, -0.1) is 0 Å². The van der Waals surface area contributed by atoms with Crippen LogP contribution in [0.1, 0.15) is 18.4 Å². The van der Waals surface area contributed by atoms with E-state index in [2.05, 4.69) is 15.5 Å². The van der Waals surface area contributed by atoms with Gasteiger partial charge in [0.15, 0.2) is 0 Å². The molecule has 1 heterocycles. The summed E-state index contributed by atoms with van der Waals surface area (Å²) >= 11 is 0. The molecule has 0 spiro atoms. The number of benzene rings is 2. The first-order valence-electron chi connectivity index (χ1n) is 8.23. The number of H-pyrrole nitrogens is 1. The second-order valence-electron chi connectivity index (χ2n) is 5.67. The number of aromatic nitrogens is 1. The summed E-state index contributed by atoms with van der Waals surface area (Å²) in [6, 6.07) is 11.3. The van der Waals surface area contributed by atoms with Crippen molar-refractivity contribution in [2.75, 3.05) is 12.0 Å². The summed E-state index contributed by atoms with van der Waals surface area (Å²) in [5.74, 6) is -0.164. The number of aromatic amines is 1. The van der Waals surface area contributed by atoms with E-state index in [0.29, 0.717) is 24.4 Å². The molecule has 0 fully saturated rings. The molecule has 0 aliphatic rings. The minimum Gasteiger partial charge on any atom is -0.426 e. The molecule has 0 unspecified atom stereocenters. The van der Waals surface area contributed by atoms with Gasteiger partial charge in [0.2, 0.25) is 0 Å². The minimum atomic E-state index is -0.323. The molecule has 6 nitrogen and oxygen atoms in total. The summed E-state index contributed by atoms with van der Waals surface area (Å²) in [7, 11) is 0. The molecular formula is C19H19FN4O2. The Morgan fingerprint density at radius 2 is 2.08 bits per heavy atom. The Morgan fingerprint density at radius 1 is 1.27 bits per heavy atom. The summed E-state index contributed by atoms with van der Waals surface area (Å²) in [6.07, 6.45) is 4.24. The Hall–Kier alpha value is -3.19. The van der Waals surface area contributed by atoms with E-state index in [9.17, 15) is 9.18 Å². The molecule has 7 heteroatoms. The van der Waals surface area contributed by atoms with Crippen LogP contribution in [0.4, 0.5) is 10.1 Å². The lowest BCUT2D eigenvalue weighted by atomic mass is 10.1. The third-order valence-electron chi connectivity index (χ3n) is 3.75. The van der Waals surface area contributed by atoms with Crippen molar-refractivity contribution in [1.82, 2.24) is 4.98 Å². The molecule has 0 saturated heterocycles. The van der Waals surface area contributed by atoms with Crippen molar-refractivity contribution in [2.24, 2.45) is 10.8 Å². The highest BCUT2D eigenvalue weighted by Gasteiger charge is 2.12. The number of carbonyl (C=O) groups excluding carboxylic acids is 1. The molecule has 1 aromatic heterocycles. The average molecular weight is 354 g/mol. The van der Waals surface area contributed by atoms with Gasteiger partial charge in [-0.3, -0.25) is 10.2 Å². The molecule has 4 N–H and O–H groups in total. The molecule has 3 rings (SSSR count). The first-order valence-corrected chi connectivity index (χ1v) is 8.23. The number of esters is 1. The molecule has 0 bridgehead atoms. The number of halogens is 1. The van der Waals surface area contributed by atoms with E-state index in [0.717, 1.165) is 16.5 Å². The number of hydrogen-bond acceptors (Lipinski definition) is 5. The van der Waals surface area contributed by atoms with Crippen molar-refractivity contribution >= 4 is 28.8 Å². The molecule has 0 aliphatic carbocycles. The Morgan fingerprint density at radius 3 is 2.85 bits per heavy atom. The van der Waals surface area contributed by atoms with Gasteiger partial charge in [-0.25, -0.2) is 4.39 Å². The molecule has 0 atom stereocenters. The van der Waals surface area contributed by atoms with Gasteiger partial charge in [-0.05, 0) is 49.4 Å². The van der Waals surface area contributed by atoms with Gasteiger partial charge in [-0.1, -0.05) is 6.07 Å². The highest BCUT2D eigenvalue weighted by Crippen LogP contribution is 2.28. The van der Waals surface area contributed by atoms with Crippen LogP contribution in [0.15, 0.2) is 53.8 Å². The van der Waals surface area contributed by atoms with Crippen LogP contribution in [0.2, 0.25) is 0 Å². The lowest BCUT2D eigenvalue weighted by Gasteiger charge is -2.06. The third-order valence-corrected chi connectivity index (χ3v) is 3.75. The molecule has 2 aromatic carbocycles. The summed E-state index contributed by atoms with van der Waals surface area (Å²) in [5.41, 5.74) is 10.5. The SMILES string of the molecule is NCCCC(=O)Oc1cccc2[nH]cc(C=NNc3ccc(F)cc3)c12. The number of hydrogen-bond donors (Lipinski definition) is 3. The van der Waals surface area contributed by atoms with E-state index in [1.165, 1.54) is 12.1 Å². The second kappa shape index (κ2) is 8.26. The average Bonchev–Trinajstić information content (AvgIpc) is 3.06. The van der Waals surface area contributed by atoms with Crippen LogP contribution in [0.25, 0.3) is 10.9 Å². The second-order valence-corrected chi connectivity index (χ2v) is 5.67. The fourth-order valence-corrected chi connectivity index (χ4v) is 2.48. The predicted molar refractivity (Wildman–Crippen MR) is 99.8 cm³/mol. The summed E-state index contributed by atoms with van der Waals surface area (Å²) in [6.45, 7) is 0.441. The van der Waals surface area contributed by atoms with Crippen molar-refractivity contribution in [2.45, 2.75) is 12.8 Å². The molecule has 0 saturated carbocycles. The first-order chi connectivity index (χ1) is 12.7. The maximum Gasteiger partial charge on any atom is 0.311 e. The fourth-order valence-electron chi connectivity index (χ4n) is 2.48. The molecule has 134 valence electrons. The van der Waals surface area contributed by atoms with E-state index < -0.39 is 0 Å². The maximum atomic E-state index is 12.9. The predicted octanol–water partition coefficient (Wildman–Crippen LogP) is 3.40. The van der Waals surface area contributed by atoms with Crippen LogP contribution in [0.5, 0.6) is 5.75 Å². The Bertz CT molecular complexity index is 919. The van der Waals surface area contributed by atoms with Crippen LogP contribution in [-0.4, -0.2) is 23.7 Å². The fraction of sp³-hybridized carbons (Fsp3) is 0.158. The van der Waals surface area contributed by atoms with Crippen molar-refractivity contribution in [1.29, 1.82) is 0 Å². The molecule has 0 aliphatic heterocycles. The van der Waals surface area contributed by atoms with Gasteiger partial charge in [0.1, 0.15) is 11.6 Å². The lowest BCUT2D eigenvalue weighted by Crippen LogP contribution is -2.10. The zero-order valence-corrected chi connectivity index (χ0v) is 14.0. The van der Waals surface area contributed by atoms with Gasteiger partial charge in [-0.2, -0.15) is 5.10 Å². The smallest absolute Gasteiger partial charge is 0.311 e. The monoisotopic (exact) mass is 354 g/mol. The molecule has 3 aromatic rings. The van der Waals surface area contributed by atoms with Gasteiger partial charge < -0.3 is 15.5 Å². The Balaban J connectivity index is 1.79. The zero-order chi connectivity index (χ0) is 18.4. The van der Waals surface area contributed by atoms with E-state index in [-0.39, 0.29) is 18.2 Å². The van der Waals surface area contributed by atoms with E-state index in [4.69, 9.17) is 10.5 Å². The number of nitrogens with two attached hydrogens (primary N) is 1. The number of anilines is 1. The highest BCUT2D eigenvalue weighted by atomic mass is 19.1. The van der Waals surface area contributed by atoms with Crippen molar-refractivity contribution in [3.05, 3.63) is 60.0 Å². The number of nitrogens with zero attached hydrogens (tertiary/aromatic N) is 1. The van der Waals surface area contributed by atoms with Gasteiger partial charge in [0.25, 0.3) is 0 Å². The number of carbonyl (C=O) groups is 1.